The number of nitrogens with zero attached hydrogens (tertiary/aromatic N) is 3. The van der Waals surface area contributed by atoms with Crippen molar-refractivity contribution in [2.75, 3.05) is 12.8 Å². The molecule has 0 atom stereocenters. The number of anilines is 1. The van der Waals surface area contributed by atoms with Gasteiger partial charge >= 0.3 is 5.97 Å². The van der Waals surface area contributed by atoms with E-state index in [1.54, 1.807) is 49.5 Å². The number of esters is 1. The number of rotatable bonds is 5. The van der Waals surface area contributed by atoms with Gasteiger partial charge in [0.2, 0.25) is 0 Å². The minimum Gasteiger partial charge on any atom is -0.493 e. The molecule has 8 nitrogen and oxygen atoms in total. The summed E-state index contributed by atoms with van der Waals surface area (Å²) in [5.41, 5.74) is 7.22. The van der Waals surface area contributed by atoms with Crippen molar-refractivity contribution in [2.45, 2.75) is 6.92 Å². The van der Waals surface area contributed by atoms with E-state index in [4.69, 9.17) is 15.2 Å². The van der Waals surface area contributed by atoms with Crippen LogP contribution in [0.4, 0.5) is 5.82 Å². The number of ether oxygens (including phenoxy) is 2. The normalized spacial score (nSPS) is 10.8. The molecule has 0 saturated heterocycles. The van der Waals surface area contributed by atoms with E-state index in [9.17, 15) is 9.59 Å². The molecule has 0 saturated carbocycles. The van der Waals surface area contributed by atoms with Gasteiger partial charge in [-0.25, -0.2) is 4.79 Å². The zero-order chi connectivity index (χ0) is 20.1. The third-order valence-corrected chi connectivity index (χ3v) is 3.79. The third kappa shape index (κ3) is 4.24. The van der Waals surface area contributed by atoms with Crippen LogP contribution in [-0.4, -0.2) is 29.0 Å². The van der Waals surface area contributed by atoms with Gasteiger partial charge in [-0.05, 0) is 54.4 Å². The molecule has 8 heteroatoms. The number of aryl methyl sites for hydroxylation is 1. The number of pyridine rings is 2. The molecule has 0 aliphatic heterocycles. The molecular formula is C20H18N4O4. The van der Waals surface area contributed by atoms with Gasteiger partial charge in [-0.3, -0.25) is 9.78 Å². The van der Waals surface area contributed by atoms with E-state index in [0.29, 0.717) is 16.9 Å². The molecule has 0 unspecified atom stereocenters. The van der Waals surface area contributed by atoms with Crippen molar-refractivity contribution < 1.29 is 14.3 Å². The number of methoxy groups -OCH3 is 1. The quantitative estimate of drug-likeness (QED) is 0.414. The van der Waals surface area contributed by atoms with E-state index in [-0.39, 0.29) is 17.1 Å². The highest BCUT2D eigenvalue weighted by Crippen LogP contribution is 2.28. The number of hydrogen-bond donors (Lipinski definition) is 1. The van der Waals surface area contributed by atoms with Gasteiger partial charge in [0.25, 0.3) is 5.56 Å². The number of nitrogens with two attached hydrogens (primary N) is 1. The van der Waals surface area contributed by atoms with Crippen LogP contribution in [0.2, 0.25) is 0 Å². The van der Waals surface area contributed by atoms with Gasteiger partial charge in [0.1, 0.15) is 5.82 Å². The smallest absolute Gasteiger partial charge is 0.345 e. The van der Waals surface area contributed by atoms with Gasteiger partial charge < -0.3 is 15.2 Å². The third-order valence-electron chi connectivity index (χ3n) is 3.79. The molecule has 2 heterocycles. The highest BCUT2D eigenvalue weighted by Gasteiger charge is 2.13. The summed E-state index contributed by atoms with van der Waals surface area (Å²) in [6.07, 6.45) is 4.44. The van der Waals surface area contributed by atoms with Crippen molar-refractivity contribution >= 4 is 18.0 Å². The summed E-state index contributed by atoms with van der Waals surface area (Å²) in [4.78, 5) is 28.1. The van der Waals surface area contributed by atoms with Crippen LogP contribution < -0.4 is 20.8 Å². The van der Waals surface area contributed by atoms with Gasteiger partial charge in [-0.15, -0.1) is 0 Å². The molecule has 0 bridgehead atoms. The van der Waals surface area contributed by atoms with E-state index in [0.717, 1.165) is 10.2 Å². The Balaban J connectivity index is 1.84. The van der Waals surface area contributed by atoms with Crippen LogP contribution >= 0.6 is 0 Å². The highest BCUT2D eigenvalue weighted by molar-refractivity contribution is 5.91. The number of nitrogen functional groups attached to an aromatic ring is 1. The SMILES string of the molecule is COc1cc(C=Nn2c(N)cc(C)cc2=O)ccc1OC(=O)c1cccnc1. The lowest BCUT2D eigenvalue weighted by atomic mass is 10.2. The van der Waals surface area contributed by atoms with E-state index >= 15 is 0 Å². The second-order valence-electron chi connectivity index (χ2n) is 5.89. The molecular weight excluding hydrogens is 360 g/mol. The zero-order valence-electron chi connectivity index (χ0n) is 15.3. The van der Waals surface area contributed by atoms with Crippen LogP contribution in [-0.2, 0) is 0 Å². The van der Waals surface area contributed by atoms with E-state index in [1.165, 1.54) is 25.6 Å². The van der Waals surface area contributed by atoms with E-state index in [2.05, 4.69) is 10.1 Å². The summed E-state index contributed by atoms with van der Waals surface area (Å²) in [5, 5.41) is 4.11. The number of hydrogen-bond acceptors (Lipinski definition) is 7. The van der Waals surface area contributed by atoms with Crippen LogP contribution in [0.25, 0.3) is 0 Å². The first-order valence-corrected chi connectivity index (χ1v) is 8.31. The Bertz CT molecular complexity index is 1090. The first-order chi connectivity index (χ1) is 13.5. The summed E-state index contributed by atoms with van der Waals surface area (Å²) in [5.74, 6) is 0.271. The first-order valence-electron chi connectivity index (χ1n) is 8.31. The molecule has 28 heavy (non-hydrogen) atoms. The van der Waals surface area contributed by atoms with Crippen LogP contribution in [0, 0.1) is 6.92 Å². The minimum atomic E-state index is -0.549. The summed E-state index contributed by atoms with van der Waals surface area (Å²) in [6, 6.07) is 11.2. The molecule has 142 valence electrons. The minimum absolute atomic E-state index is 0.232. The number of carbonyl (C=O) groups excluding carboxylic acids is 1. The Hall–Kier alpha value is -3.94. The topological polar surface area (TPSA) is 109 Å². The fourth-order valence-electron chi connectivity index (χ4n) is 2.46. The molecule has 0 fully saturated rings. The second kappa shape index (κ2) is 8.17. The Kier molecular flexibility index (Phi) is 5.50. The number of carbonyl (C=O) groups is 1. The standard InChI is InChI=1S/C20H18N4O4/c1-13-8-18(21)24(19(25)9-13)23-11-14-5-6-16(17(10-14)27-2)28-20(26)15-4-3-7-22-12-15/h3-12H,21H2,1-2H3. The molecule has 3 aromatic rings. The molecule has 1 aromatic carbocycles. The molecule has 0 amide bonds. The fourth-order valence-corrected chi connectivity index (χ4v) is 2.46. The number of benzene rings is 1. The molecule has 3 rings (SSSR count). The second-order valence-corrected chi connectivity index (χ2v) is 5.89. The van der Waals surface area contributed by atoms with Crippen molar-refractivity contribution in [3.8, 4) is 11.5 Å². The van der Waals surface area contributed by atoms with Crippen LogP contribution in [0.5, 0.6) is 11.5 Å². The Morgan fingerprint density at radius 1 is 1.21 bits per heavy atom. The van der Waals surface area contributed by atoms with Crippen LogP contribution in [0.3, 0.4) is 0 Å². The van der Waals surface area contributed by atoms with Gasteiger partial charge in [0.05, 0.1) is 18.9 Å². The average Bonchev–Trinajstić information content (AvgIpc) is 2.68. The summed E-state index contributed by atoms with van der Waals surface area (Å²) in [6.45, 7) is 1.78. The maximum Gasteiger partial charge on any atom is 0.345 e. The predicted molar refractivity (Wildman–Crippen MR) is 105 cm³/mol. The largest absolute Gasteiger partial charge is 0.493 e. The Morgan fingerprint density at radius 2 is 2.04 bits per heavy atom. The van der Waals surface area contributed by atoms with Gasteiger partial charge in [-0.1, -0.05) is 0 Å². The number of aromatic nitrogens is 2. The average molecular weight is 378 g/mol. The van der Waals surface area contributed by atoms with E-state index in [1.807, 2.05) is 0 Å². The molecule has 0 aliphatic rings. The fraction of sp³-hybridized carbons (Fsp3) is 0.100. The molecule has 0 aliphatic carbocycles. The van der Waals surface area contributed by atoms with Gasteiger partial charge in [0.15, 0.2) is 11.5 Å². The van der Waals surface area contributed by atoms with Crippen molar-refractivity contribution in [3.63, 3.8) is 0 Å². The lowest BCUT2D eigenvalue weighted by Gasteiger charge is -2.10. The lowest BCUT2D eigenvalue weighted by Crippen LogP contribution is -2.19. The predicted octanol–water partition coefficient (Wildman–Crippen LogP) is 2.24. The lowest BCUT2D eigenvalue weighted by molar-refractivity contribution is 0.0729. The van der Waals surface area contributed by atoms with Crippen molar-refractivity contribution in [3.05, 3.63) is 81.9 Å². The van der Waals surface area contributed by atoms with Crippen LogP contribution in [0.15, 0.2) is 64.8 Å². The summed E-state index contributed by atoms with van der Waals surface area (Å²) < 4.78 is 11.8. The highest BCUT2D eigenvalue weighted by atomic mass is 16.6. The van der Waals surface area contributed by atoms with Gasteiger partial charge in [0, 0.05) is 18.5 Å². The summed E-state index contributed by atoms with van der Waals surface area (Å²) >= 11 is 0. The molecule has 2 N–H and O–H groups in total. The monoisotopic (exact) mass is 378 g/mol. The molecule has 0 radical (unpaired) electrons. The molecule has 2 aromatic heterocycles. The van der Waals surface area contributed by atoms with Crippen molar-refractivity contribution in [2.24, 2.45) is 5.10 Å². The maximum absolute atomic E-state index is 12.2. The first kappa shape index (κ1) is 18.8. The van der Waals surface area contributed by atoms with Crippen molar-refractivity contribution in [1.82, 2.24) is 9.66 Å². The Morgan fingerprint density at radius 3 is 2.71 bits per heavy atom. The van der Waals surface area contributed by atoms with Crippen LogP contribution in [0.1, 0.15) is 21.5 Å². The molecule has 0 spiro atoms. The van der Waals surface area contributed by atoms with Gasteiger partial charge in [-0.2, -0.15) is 9.78 Å². The zero-order valence-corrected chi connectivity index (χ0v) is 15.3. The summed E-state index contributed by atoms with van der Waals surface area (Å²) in [7, 11) is 1.46. The Labute approximate surface area is 160 Å². The van der Waals surface area contributed by atoms with E-state index < -0.39 is 5.97 Å². The maximum atomic E-state index is 12.2. The van der Waals surface area contributed by atoms with Crippen molar-refractivity contribution in [1.29, 1.82) is 0 Å².